The first kappa shape index (κ1) is 14.5. The summed E-state index contributed by atoms with van der Waals surface area (Å²) in [6.45, 7) is 8.69. The van der Waals surface area contributed by atoms with E-state index in [2.05, 4.69) is 17.1 Å². The van der Waals surface area contributed by atoms with Crippen molar-refractivity contribution in [2.45, 2.75) is 33.1 Å². The first-order chi connectivity index (χ1) is 9.15. The molecule has 3 nitrogen and oxygen atoms in total. The van der Waals surface area contributed by atoms with E-state index in [4.69, 9.17) is 0 Å². The molecule has 106 valence electrons. The monoisotopic (exact) mass is 280 g/mol. The fraction of sp³-hybridized carbons (Fsp3) is 0.667. The number of nitrogens with zero attached hydrogens (tertiary/aromatic N) is 1. The Morgan fingerprint density at radius 3 is 2.79 bits per heavy atom. The molecule has 1 saturated heterocycles. The highest BCUT2D eigenvalue weighted by Gasteiger charge is 2.15. The van der Waals surface area contributed by atoms with E-state index in [0.717, 1.165) is 30.3 Å². The van der Waals surface area contributed by atoms with Crippen molar-refractivity contribution in [3.05, 3.63) is 21.9 Å². The van der Waals surface area contributed by atoms with Gasteiger partial charge in [-0.2, -0.15) is 0 Å². The summed E-state index contributed by atoms with van der Waals surface area (Å²) in [5, 5.41) is 3.01. The van der Waals surface area contributed by atoms with Crippen LogP contribution in [0.5, 0.6) is 0 Å². The van der Waals surface area contributed by atoms with Gasteiger partial charge in [-0.1, -0.05) is 6.92 Å². The smallest absolute Gasteiger partial charge is 0.261 e. The van der Waals surface area contributed by atoms with Crippen LogP contribution < -0.4 is 5.32 Å². The third-order valence-electron chi connectivity index (χ3n) is 3.78. The number of hydrogen-bond acceptors (Lipinski definition) is 3. The Kier molecular flexibility index (Phi) is 5.40. The summed E-state index contributed by atoms with van der Waals surface area (Å²) in [6.07, 6.45) is 3.69. The number of amides is 1. The van der Waals surface area contributed by atoms with Gasteiger partial charge in [0.25, 0.3) is 5.91 Å². The molecule has 19 heavy (non-hydrogen) atoms. The van der Waals surface area contributed by atoms with Crippen molar-refractivity contribution in [3.63, 3.8) is 0 Å². The average Bonchev–Trinajstić information content (AvgIpc) is 2.83. The number of rotatable bonds is 5. The SMILES string of the molecule is Cc1ccc(C(=O)NCCCN2CCC(C)CC2)s1. The van der Waals surface area contributed by atoms with E-state index in [1.54, 1.807) is 11.3 Å². The molecule has 0 atom stereocenters. The van der Waals surface area contributed by atoms with E-state index < -0.39 is 0 Å². The van der Waals surface area contributed by atoms with Crippen molar-refractivity contribution in [3.8, 4) is 0 Å². The van der Waals surface area contributed by atoms with Gasteiger partial charge in [0.05, 0.1) is 4.88 Å². The van der Waals surface area contributed by atoms with Gasteiger partial charge in [-0.05, 0) is 63.9 Å². The zero-order chi connectivity index (χ0) is 13.7. The maximum Gasteiger partial charge on any atom is 0.261 e. The van der Waals surface area contributed by atoms with Gasteiger partial charge in [0.1, 0.15) is 0 Å². The van der Waals surface area contributed by atoms with Crippen molar-refractivity contribution in [1.29, 1.82) is 0 Å². The Labute approximate surface area is 120 Å². The molecule has 0 radical (unpaired) electrons. The highest BCUT2D eigenvalue weighted by Crippen LogP contribution is 2.16. The number of aryl methyl sites for hydroxylation is 1. The second-order valence-corrected chi connectivity index (χ2v) is 6.83. The van der Waals surface area contributed by atoms with Crippen molar-refractivity contribution >= 4 is 17.2 Å². The molecule has 0 aliphatic carbocycles. The van der Waals surface area contributed by atoms with Crippen LogP contribution in [0.4, 0.5) is 0 Å². The molecule has 1 aliphatic heterocycles. The molecule has 1 amide bonds. The van der Waals surface area contributed by atoms with Gasteiger partial charge in [-0.3, -0.25) is 4.79 Å². The predicted octanol–water partition coefficient (Wildman–Crippen LogP) is 2.91. The summed E-state index contributed by atoms with van der Waals surface area (Å²) in [6, 6.07) is 3.90. The van der Waals surface area contributed by atoms with Gasteiger partial charge in [0, 0.05) is 11.4 Å². The molecule has 2 rings (SSSR count). The zero-order valence-corrected chi connectivity index (χ0v) is 12.8. The van der Waals surface area contributed by atoms with Crippen molar-refractivity contribution in [2.24, 2.45) is 5.92 Å². The fourth-order valence-corrected chi connectivity index (χ4v) is 3.22. The first-order valence-corrected chi connectivity index (χ1v) is 8.04. The average molecular weight is 280 g/mol. The number of thiophene rings is 1. The molecule has 1 aromatic rings. The first-order valence-electron chi connectivity index (χ1n) is 7.22. The molecule has 1 fully saturated rings. The fourth-order valence-electron chi connectivity index (χ4n) is 2.43. The van der Waals surface area contributed by atoms with Crippen LogP contribution in [0.2, 0.25) is 0 Å². The highest BCUT2D eigenvalue weighted by atomic mass is 32.1. The summed E-state index contributed by atoms with van der Waals surface area (Å²) in [5.41, 5.74) is 0. The summed E-state index contributed by atoms with van der Waals surface area (Å²) in [4.78, 5) is 16.4. The highest BCUT2D eigenvalue weighted by molar-refractivity contribution is 7.13. The molecule has 4 heteroatoms. The van der Waals surface area contributed by atoms with E-state index in [-0.39, 0.29) is 5.91 Å². The van der Waals surface area contributed by atoms with Gasteiger partial charge in [0.15, 0.2) is 0 Å². The van der Waals surface area contributed by atoms with Crippen LogP contribution >= 0.6 is 11.3 Å². The molecule has 1 aliphatic rings. The van der Waals surface area contributed by atoms with Crippen LogP contribution in [0.1, 0.15) is 40.7 Å². The van der Waals surface area contributed by atoms with E-state index >= 15 is 0 Å². The van der Waals surface area contributed by atoms with Crippen LogP contribution in [0.25, 0.3) is 0 Å². The Morgan fingerprint density at radius 1 is 1.42 bits per heavy atom. The topological polar surface area (TPSA) is 32.3 Å². The Hall–Kier alpha value is -0.870. The summed E-state index contributed by atoms with van der Waals surface area (Å²) < 4.78 is 0. The minimum absolute atomic E-state index is 0.0744. The lowest BCUT2D eigenvalue weighted by Crippen LogP contribution is -2.35. The molecule has 0 spiro atoms. The number of hydrogen-bond donors (Lipinski definition) is 1. The van der Waals surface area contributed by atoms with E-state index in [9.17, 15) is 4.79 Å². The van der Waals surface area contributed by atoms with Gasteiger partial charge >= 0.3 is 0 Å². The Morgan fingerprint density at radius 2 is 2.16 bits per heavy atom. The number of nitrogens with one attached hydrogen (secondary N) is 1. The molecular weight excluding hydrogens is 256 g/mol. The van der Waals surface area contributed by atoms with E-state index in [0.29, 0.717) is 0 Å². The lowest BCUT2D eigenvalue weighted by molar-refractivity contribution is 0.0954. The van der Waals surface area contributed by atoms with Gasteiger partial charge in [-0.15, -0.1) is 11.3 Å². The van der Waals surface area contributed by atoms with Crippen LogP contribution in [-0.2, 0) is 0 Å². The largest absolute Gasteiger partial charge is 0.351 e. The number of carbonyl (C=O) groups is 1. The summed E-state index contributed by atoms with van der Waals surface area (Å²) >= 11 is 1.56. The summed E-state index contributed by atoms with van der Waals surface area (Å²) in [5.74, 6) is 0.961. The molecule has 0 bridgehead atoms. The third-order valence-corrected chi connectivity index (χ3v) is 4.78. The van der Waals surface area contributed by atoms with E-state index in [1.807, 2.05) is 19.1 Å². The van der Waals surface area contributed by atoms with E-state index in [1.165, 1.54) is 30.8 Å². The minimum Gasteiger partial charge on any atom is -0.351 e. The molecule has 1 N–H and O–H groups in total. The molecular formula is C15H24N2OS. The second kappa shape index (κ2) is 7.06. The Bertz CT molecular complexity index is 408. The molecule has 0 aromatic carbocycles. The minimum atomic E-state index is 0.0744. The zero-order valence-electron chi connectivity index (χ0n) is 11.9. The van der Waals surface area contributed by atoms with Crippen LogP contribution in [0.3, 0.4) is 0 Å². The van der Waals surface area contributed by atoms with Crippen molar-refractivity contribution < 1.29 is 4.79 Å². The third kappa shape index (κ3) is 4.62. The van der Waals surface area contributed by atoms with Gasteiger partial charge in [-0.25, -0.2) is 0 Å². The standard InChI is InChI=1S/C15H24N2OS/c1-12-6-10-17(11-7-12)9-3-8-16-15(18)14-5-4-13(2)19-14/h4-5,12H,3,6-11H2,1-2H3,(H,16,18). The number of carbonyl (C=O) groups excluding carboxylic acids is 1. The molecule has 2 heterocycles. The van der Waals surface area contributed by atoms with Crippen LogP contribution in [-0.4, -0.2) is 37.0 Å². The normalized spacial score (nSPS) is 17.6. The van der Waals surface area contributed by atoms with Crippen molar-refractivity contribution in [2.75, 3.05) is 26.2 Å². The maximum atomic E-state index is 11.8. The predicted molar refractivity (Wildman–Crippen MR) is 80.8 cm³/mol. The molecule has 0 saturated carbocycles. The van der Waals surface area contributed by atoms with Gasteiger partial charge in [0.2, 0.25) is 0 Å². The maximum absolute atomic E-state index is 11.8. The van der Waals surface area contributed by atoms with Crippen LogP contribution in [0.15, 0.2) is 12.1 Å². The lowest BCUT2D eigenvalue weighted by atomic mass is 9.99. The number of likely N-dealkylation sites (tertiary alicyclic amines) is 1. The molecule has 1 aromatic heterocycles. The van der Waals surface area contributed by atoms with Gasteiger partial charge < -0.3 is 10.2 Å². The second-order valence-electron chi connectivity index (χ2n) is 5.54. The number of piperidine rings is 1. The summed E-state index contributed by atoms with van der Waals surface area (Å²) in [7, 11) is 0. The van der Waals surface area contributed by atoms with Crippen molar-refractivity contribution in [1.82, 2.24) is 10.2 Å². The quantitative estimate of drug-likeness (QED) is 0.841. The Balaban J connectivity index is 1.60. The lowest BCUT2D eigenvalue weighted by Gasteiger charge is -2.30. The van der Waals surface area contributed by atoms with Crippen LogP contribution in [0, 0.1) is 12.8 Å². The molecule has 0 unspecified atom stereocenters.